The van der Waals surface area contributed by atoms with Crippen molar-refractivity contribution in [1.82, 2.24) is 9.21 Å². The van der Waals surface area contributed by atoms with E-state index in [-0.39, 0.29) is 10.8 Å². The summed E-state index contributed by atoms with van der Waals surface area (Å²) in [6.45, 7) is 1.79. The van der Waals surface area contributed by atoms with Gasteiger partial charge in [0.05, 0.1) is 4.90 Å². The van der Waals surface area contributed by atoms with Gasteiger partial charge < -0.3 is 4.90 Å². The molecule has 0 aliphatic carbocycles. The van der Waals surface area contributed by atoms with Crippen LogP contribution < -0.4 is 0 Å². The fourth-order valence-electron chi connectivity index (χ4n) is 4.37. The first-order chi connectivity index (χ1) is 13.6. The van der Waals surface area contributed by atoms with Gasteiger partial charge in [-0.1, -0.05) is 48.5 Å². The fourth-order valence-corrected chi connectivity index (χ4v) is 6.04. The smallest absolute Gasteiger partial charge is 0.243 e. The predicted octanol–water partition coefficient (Wildman–Crippen LogP) is 3.25. The molecule has 1 atom stereocenters. The Kier molecular flexibility index (Phi) is 5.51. The van der Waals surface area contributed by atoms with Crippen LogP contribution in [0.5, 0.6) is 0 Å². The summed E-state index contributed by atoms with van der Waals surface area (Å²) in [7, 11) is -3.64. The molecule has 1 unspecified atom stereocenters. The highest BCUT2D eigenvalue weighted by atomic mass is 32.2. The van der Waals surface area contributed by atoms with Gasteiger partial charge in [-0.15, -0.1) is 0 Å². The first-order valence-electron chi connectivity index (χ1n) is 9.98. The van der Waals surface area contributed by atoms with Crippen molar-refractivity contribution in [1.29, 1.82) is 0 Å². The van der Waals surface area contributed by atoms with Gasteiger partial charge in [0, 0.05) is 19.6 Å². The lowest BCUT2D eigenvalue weighted by molar-refractivity contribution is -0.135. The monoisotopic (exact) mass is 398 g/mol. The van der Waals surface area contributed by atoms with Gasteiger partial charge in [0.25, 0.3) is 0 Å². The maximum absolute atomic E-state index is 13.2. The molecule has 5 nitrogen and oxygen atoms in total. The molecule has 2 aromatic rings. The number of amides is 1. The van der Waals surface area contributed by atoms with Gasteiger partial charge in [-0.3, -0.25) is 4.79 Å². The lowest BCUT2D eigenvalue weighted by atomic mass is 9.89. The summed E-state index contributed by atoms with van der Waals surface area (Å²) >= 11 is 0. The van der Waals surface area contributed by atoms with Gasteiger partial charge in [-0.2, -0.15) is 4.31 Å². The summed E-state index contributed by atoms with van der Waals surface area (Å²) in [5.74, 6) is 0.432. The van der Waals surface area contributed by atoms with E-state index in [1.165, 1.54) is 9.87 Å². The average Bonchev–Trinajstić information content (AvgIpc) is 3.25. The highest BCUT2D eigenvalue weighted by Gasteiger charge is 2.41. The Labute approximate surface area is 167 Å². The van der Waals surface area contributed by atoms with Gasteiger partial charge >= 0.3 is 0 Å². The highest BCUT2D eigenvalue weighted by Crippen LogP contribution is 2.31. The van der Waals surface area contributed by atoms with Crippen LogP contribution in [-0.4, -0.2) is 49.2 Å². The first kappa shape index (κ1) is 19.2. The van der Waals surface area contributed by atoms with Crippen LogP contribution in [0.25, 0.3) is 0 Å². The van der Waals surface area contributed by atoms with E-state index in [0.29, 0.717) is 32.0 Å². The Morgan fingerprint density at radius 2 is 1.43 bits per heavy atom. The van der Waals surface area contributed by atoms with Crippen molar-refractivity contribution in [3.63, 3.8) is 0 Å². The quantitative estimate of drug-likeness (QED) is 0.794. The Morgan fingerprint density at radius 3 is 2.07 bits per heavy atom. The Balaban J connectivity index is 1.45. The van der Waals surface area contributed by atoms with E-state index in [1.807, 2.05) is 11.0 Å². The number of nitrogens with zero attached hydrogens (tertiary/aromatic N) is 2. The molecule has 0 N–H and O–H groups in total. The molecule has 2 aromatic carbocycles. The summed E-state index contributed by atoms with van der Waals surface area (Å²) in [5, 5.41) is 0. The van der Waals surface area contributed by atoms with Crippen molar-refractivity contribution >= 4 is 15.9 Å². The van der Waals surface area contributed by atoms with Crippen molar-refractivity contribution < 1.29 is 13.2 Å². The normalized spacial score (nSPS) is 21.7. The zero-order chi connectivity index (χ0) is 19.6. The molecule has 0 radical (unpaired) electrons. The molecular weight excluding hydrogens is 372 g/mol. The largest absolute Gasteiger partial charge is 0.341 e. The number of likely N-dealkylation sites (tertiary alicyclic amines) is 1. The summed E-state index contributed by atoms with van der Waals surface area (Å²) in [6, 6.07) is 18.3. The standard InChI is InChI=1S/C22H26N2O3S/c25-22(23-16-13-19(14-17-23)18-8-3-1-4-9-18)21-12-7-15-24(21)28(26,27)20-10-5-2-6-11-20/h1-6,8-11,19,21H,7,12-17H2. The molecule has 0 spiro atoms. The third-order valence-electron chi connectivity index (χ3n) is 5.92. The molecule has 2 aliphatic rings. The van der Waals surface area contributed by atoms with Crippen LogP contribution in [0.3, 0.4) is 0 Å². The molecule has 6 heteroatoms. The number of benzene rings is 2. The Bertz CT molecular complexity index is 907. The maximum atomic E-state index is 13.2. The van der Waals surface area contributed by atoms with Crippen molar-refractivity contribution in [2.75, 3.05) is 19.6 Å². The lowest BCUT2D eigenvalue weighted by Crippen LogP contribution is -2.49. The van der Waals surface area contributed by atoms with E-state index in [2.05, 4.69) is 24.3 Å². The SMILES string of the molecule is O=C(C1CCCN1S(=O)(=O)c1ccccc1)N1CCC(c2ccccc2)CC1. The van der Waals surface area contributed by atoms with Gasteiger partial charge in [0.1, 0.15) is 6.04 Å². The molecule has 0 saturated carbocycles. The molecule has 2 aliphatic heterocycles. The second-order valence-electron chi connectivity index (χ2n) is 7.60. The molecule has 1 amide bonds. The Hall–Kier alpha value is -2.18. The van der Waals surface area contributed by atoms with E-state index in [9.17, 15) is 13.2 Å². The van der Waals surface area contributed by atoms with Gasteiger partial charge in [-0.05, 0) is 49.3 Å². The molecule has 0 bridgehead atoms. The van der Waals surface area contributed by atoms with Gasteiger partial charge in [0.2, 0.25) is 15.9 Å². The first-order valence-corrected chi connectivity index (χ1v) is 11.4. The molecular formula is C22H26N2O3S. The summed E-state index contributed by atoms with van der Waals surface area (Å²) in [6.07, 6.45) is 3.17. The van der Waals surface area contributed by atoms with Crippen LogP contribution in [0.1, 0.15) is 37.2 Å². The second-order valence-corrected chi connectivity index (χ2v) is 9.49. The second kappa shape index (κ2) is 8.05. The van der Waals surface area contributed by atoms with Crippen molar-refractivity contribution in [3.8, 4) is 0 Å². The number of rotatable bonds is 4. The Morgan fingerprint density at radius 1 is 0.821 bits per heavy atom. The molecule has 2 heterocycles. The van der Waals surface area contributed by atoms with E-state index in [1.54, 1.807) is 30.3 Å². The van der Waals surface area contributed by atoms with Crippen molar-refractivity contribution in [3.05, 3.63) is 66.2 Å². The van der Waals surface area contributed by atoms with Crippen LogP contribution in [0.15, 0.2) is 65.6 Å². The minimum absolute atomic E-state index is 0.0384. The summed E-state index contributed by atoms with van der Waals surface area (Å²) < 4.78 is 27.5. The van der Waals surface area contributed by atoms with Crippen LogP contribution >= 0.6 is 0 Å². The number of hydrogen-bond acceptors (Lipinski definition) is 3. The maximum Gasteiger partial charge on any atom is 0.243 e. The van der Waals surface area contributed by atoms with Crippen LogP contribution in [0.4, 0.5) is 0 Å². The topological polar surface area (TPSA) is 57.7 Å². The van der Waals surface area contributed by atoms with Crippen LogP contribution in [0.2, 0.25) is 0 Å². The van der Waals surface area contributed by atoms with Crippen LogP contribution in [-0.2, 0) is 14.8 Å². The van der Waals surface area contributed by atoms with E-state index in [0.717, 1.165) is 19.3 Å². The summed E-state index contributed by atoms with van der Waals surface area (Å²) in [5.41, 5.74) is 1.32. The predicted molar refractivity (Wildman–Crippen MR) is 108 cm³/mol. The number of piperidine rings is 1. The van der Waals surface area contributed by atoms with Crippen molar-refractivity contribution in [2.45, 2.75) is 42.5 Å². The zero-order valence-electron chi connectivity index (χ0n) is 15.9. The fraction of sp³-hybridized carbons (Fsp3) is 0.409. The number of carbonyl (C=O) groups is 1. The van der Waals surface area contributed by atoms with Crippen molar-refractivity contribution in [2.24, 2.45) is 0 Å². The summed E-state index contributed by atoms with van der Waals surface area (Å²) in [4.78, 5) is 15.3. The molecule has 2 fully saturated rings. The van der Waals surface area contributed by atoms with E-state index >= 15 is 0 Å². The van der Waals surface area contributed by atoms with Crippen LogP contribution in [0, 0.1) is 0 Å². The third-order valence-corrected chi connectivity index (χ3v) is 7.84. The molecule has 4 rings (SSSR count). The van der Waals surface area contributed by atoms with Gasteiger partial charge in [-0.25, -0.2) is 8.42 Å². The molecule has 148 valence electrons. The average molecular weight is 399 g/mol. The zero-order valence-corrected chi connectivity index (χ0v) is 16.7. The minimum Gasteiger partial charge on any atom is -0.341 e. The lowest BCUT2D eigenvalue weighted by Gasteiger charge is -2.35. The third kappa shape index (κ3) is 3.71. The van der Waals surface area contributed by atoms with E-state index < -0.39 is 16.1 Å². The number of sulfonamides is 1. The van der Waals surface area contributed by atoms with E-state index in [4.69, 9.17) is 0 Å². The minimum atomic E-state index is -3.64. The van der Waals surface area contributed by atoms with Gasteiger partial charge in [0.15, 0.2) is 0 Å². The molecule has 0 aromatic heterocycles. The number of carbonyl (C=O) groups excluding carboxylic acids is 1. The number of hydrogen-bond donors (Lipinski definition) is 0. The molecule has 28 heavy (non-hydrogen) atoms. The highest BCUT2D eigenvalue weighted by molar-refractivity contribution is 7.89. The molecule has 2 saturated heterocycles.